The van der Waals surface area contributed by atoms with Crippen LogP contribution in [0.5, 0.6) is 0 Å². The van der Waals surface area contributed by atoms with Crippen molar-refractivity contribution in [3.63, 3.8) is 0 Å². The number of hydrogen-bond acceptors (Lipinski definition) is 7. The molecule has 0 aromatic carbocycles. The van der Waals surface area contributed by atoms with E-state index in [2.05, 4.69) is 17.2 Å². The second kappa shape index (κ2) is 13.1. The van der Waals surface area contributed by atoms with Gasteiger partial charge in [-0.05, 0) is 19.8 Å². The Hall–Kier alpha value is -1.25. The molecule has 0 saturated heterocycles. The van der Waals surface area contributed by atoms with Crippen LogP contribution in [0.3, 0.4) is 0 Å². The maximum Gasteiger partial charge on any atom is 0.475 e. The van der Waals surface area contributed by atoms with Crippen LogP contribution in [-0.2, 0) is 27.7 Å². The third-order valence-corrected chi connectivity index (χ3v) is 4.08. The highest BCUT2D eigenvalue weighted by atomic mass is 31.2. The molecule has 0 aromatic rings. The van der Waals surface area contributed by atoms with Crippen molar-refractivity contribution >= 4 is 20.1 Å². The Morgan fingerprint density at radius 2 is 2.08 bits per heavy atom. The lowest BCUT2D eigenvalue weighted by Crippen LogP contribution is -2.47. The molecule has 24 heavy (non-hydrogen) atoms. The van der Waals surface area contributed by atoms with Crippen LogP contribution in [0.15, 0.2) is 12.7 Å². The number of phosphoric acid groups is 1. The monoisotopic (exact) mass is 366 g/mol. The number of rotatable bonds is 15. The lowest BCUT2D eigenvalue weighted by molar-refractivity contribution is -0.126. The Kier molecular flexibility index (Phi) is 12.4. The minimum absolute atomic E-state index is 0.0483. The number of amides is 2. The smallest absolute Gasteiger partial charge is 0.393 e. The van der Waals surface area contributed by atoms with E-state index in [-0.39, 0.29) is 19.8 Å². The second-order valence-electron chi connectivity index (χ2n) is 4.93. The van der Waals surface area contributed by atoms with Gasteiger partial charge >= 0.3 is 7.82 Å². The zero-order chi connectivity index (χ0) is 18.4. The van der Waals surface area contributed by atoms with E-state index in [4.69, 9.17) is 18.7 Å². The summed E-state index contributed by atoms with van der Waals surface area (Å²) in [5.41, 5.74) is 0. The highest BCUT2D eigenvalue weighted by Gasteiger charge is 2.29. The molecule has 0 saturated carbocycles. The number of carbonyl (C=O) groups excluding carboxylic acids is 2. The van der Waals surface area contributed by atoms with E-state index in [0.29, 0.717) is 19.3 Å². The summed E-state index contributed by atoms with van der Waals surface area (Å²) in [6.45, 7) is 6.80. The molecule has 0 aliphatic carbocycles. The van der Waals surface area contributed by atoms with E-state index in [1.54, 1.807) is 6.92 Å². The normalized spacial score (nSPS) is 15.8. The maximum atomic E-state index is 12.4. The fourth-order valence-corrected chi connectivity index (χ4v) is 2.68. The minimum Gasteiger partial charge on any atom is -0.393 e. The van der Waals surface area contributed by atoms with Gasteiger partial charge in [0.25, 0.3) is 0 Å². The predicted octanol–water partition coefficient (Wildman–Crippen LogP) is 0.742. The molecular formula is C14H27N2O7P. The molecule has 140 valence electrons. The van der Waals surface area contributed by atoms with Crippen LogP contribution in [0.4, 0.5) is 0 Å². The molecule has 0 spiro atoms. The molecule has 0 radical (unpaired) electrons. The molecule has 0 aliphatic rings. The molecule has 2 amide bonds. The summed E-state index contributed by atoms with van der Waals surface area (Å²) in [5, 5.41) is 14.0. The van der Waals surface area contributed by atoms with Crippen molar-refractivity contribution in [2.45, 2.75) is 38.8 Å². The van der Waals surface area contributed by atoms with Crippen molar-refractivity contribution in [1.82, 2.24) is 10.6 Å². The third-order valence-electron chi connectivity index (χ3n) is 2.65. The van der Waals surface area contributed by atoms with Gasteiger partial charge in [-0.25, -0.2) is 4.57 Å². The van der Waals surface area contributed by atoms with Crippen molar-refractivity contribution in [2.75, 3.05) is 26.4 Å². The number of carbonyl (C=O) groups is 2. The summed E-state index contributed by atoms with van der Waals surface area (Å²) in [7, 11) is -3.86. The first kappa shape index (κ1) is 22.8. The number of phosphoric ester groups is 1. The Balaban J connectivity index is 4.64. The van der Waals surface area contributed by atoms with Gasteiger partial charge in [-0.3, -0.25) is 23.2 Å². The fourth-order valence-electron chi connectivity index (χ4n) is 1.43. The molecular weight excluding hydrogens is 339 g/mol. The molecule has 0 rings (SSSR count). The highest BCUT2D eigenvalue weighted by Crippen LogP contribution is 2.49. The van der Waals surface area contributed by atoms with E-state index in [0.717, 1.165) is 0 Å². The highest BCUT2D eigenvalue weighted by molar-refractivity contribution is 7.48. The SMILES string of the molecule is C=CCOP(=O)(OCCC)OCC(NC=O)C(=O)NCCC(C)O. The van der Waals surface area contributed by atoms with Crippen LogP contribution < -0.4 is 10.6 Å². The summed E-state index contributed by atoms with van der Waals surface area (Å²) < 4.78 is 27.6. The molecule has 0 heterocycles. The minimum atomic E-state index is -3.86. The van der Waals surface area contributed by atoms with Gasteiger partial charge in [-0.2, -0.15) is 0 Å². The standard InChI is InChI=1S/C14H27N2O7P/c1-4-8-21-24(20,22-9-5-2)23-10-13(16-11-17)14(19)15-7-6-12(3)18/h4,11-13,18H,1,5-10H2,2-3H3,(H,15,19)(H,16,17). The maximum absolute atomic E-state index is 12.4. The Morgan fingerprint density at radius 1 is 1.38 bits per heavy atom. The summed E-state index contributed by atoms with van der Waals surface area (Å²) in [4.78, 5) is 22.6. The van der Waals surface area contributed by atoms with Gasteiger partial charge in [0, 0.05) is 6.54 Å². The van der Waals surface area contributed by atoms with Crippen molar-refractivity contribution in [2.24, 2.45) is 0 Å². The zero-order valence-corrected chi connectivity index (χ0v) is 15.0. The quantitative estimate of drug-likeness (QED) is 0.222. The Bertz CT molecular complexity index is 431. The molecule has 10 heteroatoms. The molecule has 3 atom stereocenters. The number of aliphatic hydroxyl groups is 1. The zero-order valence-electron chi connectivity index (χ0n) is 14.1. The first-order chi connectivity index (χ1) is 11.4. The fraction of sp³-hybridized carbons (Fsp3) is 0.714. The van der Waals surface area contributed by atoms with Crippen molar-refractivity contribution in [3.8, 4) is 0 Å². The lowest BCUT2D eigenvalue weighted by Gasteiger charge is -2.21. The average Bonchev–Trinajstić information content (AvgIpc) is 2.54. The second-order valence-corrected chi connectivity index (χ2v) is 6.60. The molecule has 3 unspecified atom stereocenters. The molecule has 0 aromatic heterocycles. The molecule has 0 fully saturated rings. The van der Waals surface area contributed by atoms with Gasteiger partial charge in [0.15, 0.2) is 0 Å². The van der Waals surface area contributed by atoms with Crippen molar-refractivity contribution < 1.29 is 32.8 Å². The third kappa shape index (κ3) is 10.5. The predicted molar refractivity (Wildman–Crippen MR) is 88.2 cm³/mol. The largest absolute Gasteiger partial charge is 0.475 e. The summed E-state index contributed by atoms with van der Waals surface area (Å²) in [5.74, 6) is -0.534. The van der Waals surface area contributed by atoms with Crippen LogP contribution in [-0.4, -0.2) is 55.9 Å². The van der Waals surface area contributed by atoms with Gasteiger partial charge in [-0.15, -0.1) is 6.58 Å². The van der Waals surface area contributed by atoms with Crippen LogP contribution in [0.1, 0.15) is 26.7 Å². The van der Waals surface area contributed by atoms with E-state index in [1.807, 2.05) is 6.92 Å². The summed E-state index contributed by atoms with van der Waals surface area (Å²) >= 11 is 0. The van der Waals surface area contributed by atoms with Gasteiger partial charge < -0.3 is 15.7 Å². The first-order valence-corrected chi connectivity index (χ1v) is 9.14. The van der Waals surface area contributed by atoms with Crippen LogP contribution in [0, 0.1) is 0 Å². The first-order valence-electron chi connectivity index (χ1n) is 7.68. The van der Waals surface area contributed by atoms with E-state index < -0.39 is 32.5 Å². The number of aliphatic hydroxyl groups excluding tert-OH is 1. The molecule has 3 N–H and O–H groups in total. The van der Waals surface area contributed by atoms with Crippen LogP contribution >= 0.6 is 7.82 Å². The van der Waals surface area contributed by atoms with Gasteiger partial charge in [0.05, 0.1) is 25.9 Å². The summed E-state index contributed by atoms with van der Waals surface area (Å²) in [6.07, 6.45) is 2.12. The Labute approximate surface area is 142 Å². The van der Waals surface area contributed by atoms with E-state index >= 15 is 0 Å². The topological polar surface area (TPSA) is 123 Å². The number of nitrogens with one attached hydrogen (secondary N) is 2. The molecule has 0 bridgehead atoms. The van der Waals surface area contributed by atoms with E-state index in [9.17, 15) is 14.2 Å². The van der Waals surface area contributed by atoms with Gasteiger partial charge in [-0.1, -0.05) is 13.0 Å². The van der Waals surface area contributed by atoms with Crippen LogP contribution in [0.25, 0.3) is 0 Å². The van der Waals surface area contributed by atoms with Gasteiger partial charge in [0.2, 0.25) is 12.3 Å². The summed E-state index contributed by atoms with van der Waals surface area (Å²) in [6, 6.07) is -1.07. The van der Waals surface area contributed by atoms with E-state index in [1.165, 1.54) is 6.08 Å². The molecule has 0 aliphatic heterocycles. The average molecular weight is 366 g/mol. The van der Waals surface area contributed by atoms with Crippen molar-refractivity contribution in [3.05, 3.63) is 12.7 Å². The number of hydrogen-bond donors (Lipinski definition) is 3. The Morgan fingerprint density at radius 3 is 2.62 bits per heavy atom. The van der Waals surface area contributed by atoms with Gasteiger partial charge in [0.1, 0.15) is 6.04 Å². The lowest BCUT2D eigenvalue weighted by atomic mass is 10.2. The van der Waals surface area contributed by atoms with Crippen molar-refractivity contribution in [1.29, 1.82) is 0 Å². The molecule has 9 nitrogen and oxygen atoms in total. The van der Waals surface area contributed by atoms with Crippen LogP contribution in [0.2, 0.25) is 0 Å².